The first kappa shape index (κ1) is 21.0. The zero-order valence-corrected chi connectivity index (χ0v) is 13.3. The molecule has 0 radical (unpaired) electrons. The summed E-state index contributed by atoms with van der Waals surface area (Å²) < 4.78 is 0. The molecule has 0 aromatic rings. The Morgan fingerprint density at radius 3 is 1.67 bits per heavy atom. The Bertz CT molecular complexity index is 119. The molecule has 0 atom stereocenters. The van der Waals surface area contributed by atoms with Crippen molar-refractivity contribution in [2.45, 2.75) is 38.9 Å². The zero-order valence-electron chi connectivity index (χ0n) is 11.3. The van der Waals surface area contributed by atoms with Gasteiger partial charge in [0.25, 0.3) is 0 Å². The van der Waals surface area contributed by atoms with Gasteiger partial charge in [-0.25, -0.2) is 0 Å². The molecule has 0 aliphatic rings. The van der Waals surface area contributed by atoms with Gasteiger partial charge in [-0.2, -0.15) is 0 Å². The summed E-state index contributed by atoms with van der Waals surface area (Å²) in [5.41, 5.74) is 0. The third-order valence-electron chi connectivity index (χ3n) is 2.97. The van der Waals surface area contributed by atoms with E-state index in [2.05, 4.69) is 39.8 Å². The van der Waals surface area contributed by atoms with Gasteiger partial charge in [0.05, 0.1) is 0 Å². The molecule has 4 heteroatoms. The number of nitrogens with zero attached hydrogens (tertiary/aromatic N) is 2. The van der Waals surface area contributed by atoms with Gasteiger partial charge >= 0.3 is 16.8 Å². The second-order valence-electron chi connectivity index (χ2n) is 3.97. The molecule has 0 aromatic carbocycles. The molecule has 0 aromatic heterocycles. The summed E-state index contributed by atoms with van der Waals surface area (Å²) >= 11 is 0. The predicted octanol–water partition coefficient (Wildman–Crippen LogP) is 3.37. The van der Waals surface area contributed by atoms with Crippen molar-refractivity contribution in [2.24, 2.45) is 0 Å². The third-order valence-corrected chi connectivity index (χ3v) is 7.81. The summed E-state index contributed by atoms with van der Waals surface area (Å²) in [6.07, 6.45) is 0. The molecule has 0 aliphatic heterocycles. The molecule has 0 unspecified atom stereocenters. The van der Waals surface area contributed by atoms with E-state index in [4.69, 9.17) is 4.98 Å². The first-order chi connectivity index (χ1) is 6.10. The molecule has 0 aliphatic carbocycles. The summed E-state index contributed by atoms with van der Waals surface area (Å²) in [5.74, 6) is 0. The van der Waals surface area contributed by atoms with Crippen LogP contribution in [0.15, 0.2) is 0 Å². The topological polar surface area (TPSA) is 17.3 Å². The van der Waals surface area contributed by atoms with Crippen molar-refractivity contribution in [3.8, 4) is 0 Å². The maximum atomic E-state index is 4.95. The van der Waals surface area contributed by atoms with Crippen LogP contribution in [0.25, 0.3) is 4.98 Å². The van der Waals surface area contributed by atoms with Crippen molar-refractivity contribution in [3.05, 3.63) is 12.4 Å². The standard InChI is InChI=1S/C10H25N2Si.CH3.Co/c1-6-13(7-2,8-3)11-9-10-12(4)5;;/h6-10H2,1-5H3;1H3;/q2*-1;+3. The van der Waals surface area contributed by atoms with Gasteiger partial charge in [-0.1, -0.05) is 47.1 Å². The normalized spacial score (nSPS) is 10.8. The van der Waals surface area contributed by atoms with Crippen LogP contribution in [0.5, 0.6) is 0 Å². The van der Waals surface area contributed by atoms with E-state index in [0.717, 1.165) is 13.1 Å². The van der Waals surface area contributed by atoms with Crippen molar-refractivity contribution in [1.29, 1.82) is 0 Å². The SMILES string of the molecule is CC[Si](CC)(CC)[N-]CCN(C)C.[CH3-].[Co+3]. The predicted molar refractivity (Wildman–Crippen MR) is 70.4 cm³/mol. The van der Waals surface area contributed by atoms with Gasteiger partial charge in [-0.3, -0.25) is 0 Å². The smallest absolute Gasteiger partial charge is 0.663 e. The second-order valence-corrected chi connectivity index (χ2v) is 8.86. The van der Waals surface area contributed by atoms with Crippen molar-refractivity contribution in [2.75, 3.05) is 27.2 Å². The Kier molecular flexibility index (Phi) is 15.6. The fraction of sp³-hybridized carbons (Fsp3) is 0.909. The molecule has 94 valence electrons. The number of hydrogen-bond donors (Lipinski definition) is 0. The summed E-state index contributed by atoms with van der Waals surface area (Å²) in [6, 6.07) is 3.94. The van der Waals surface area contributed by atoms with E-state index in [-0.39, 0.29) is 24.2 Å². The molecule has 0 fully saturated rings. The molecule has 0 bridgehead atoms. The largest absolute Gasteiger partial charge is 3.00 e. The second kappa shape index (κ2) is 11.1. The molecule has 0 saturated heterocycles. The molecule has 0 N–H and O–H groups in total. The Morgan fingerprint density at radius 2 is 1.40 bits per heavy atom. The molecule has 0 rings (SSSR count). The Morgan fingerprint density at radius 1 is 1.00 bits per heavy atom. The summed E-state index contributed by atoms with van der Waals surface area (Å²) in [6.45, 7) is 9.05. The molecule has 2 nitrogen and oxygen atoms in total. The molecule has 0 heterocycles. The molecule has 0 saturated carbocycles. The van der Waals surface area contributed by atoms with Crippen LogP contribution < -0.4 is 0 Å². The first-order valence-electron chi connectivity index (χ1n) is 5.43. The average Bonchev–Trinajstić information content (AvgIpc) is 2.13. The van der Waals surface area contributed by atoms with E-state index in [1.54, 1.807) is 0 Å². The van der Waals surface area contributed by atoms with E-state index >= 15 is 0 Å². The van der Waals surface area contributed by atoms with Crippen LogP contribution in [-0.4, -0.2) is 40.3 Å². The maximum Gasteiger partial charge on any atom is 3.00 e. The molecular weight excluding hydrogens is 247 g/mol. The molecule has 0 spiro atoms. The van der Waals surface area contributed by atoms with Gasteiger partial charge in [0.2, 0.25) is 0 Å². The number of hydrogen-bond acceptors (Lipinski definition) is 1. The van der Waals surface area contributed by atoms with Gasteiger partial charge in [-0.15, -0.1) is 6.54 Å². The Labute approximate surface area is 108 Å². The first-order valence-corrected chi connectivity index (χ1v) is 8.00. The van der Waals surface area contributed by atoms with Crippen LogP contribution in [0.1, 0.15) is 20.8 Å². The van der Waals surface area contributed by atoms with Crippen LogP contribution >= 0.6 is 0 Å². The number of rotatable bonds is 7. The van der Waals surface area contributed by atoms with Gasteiger partial charge in [0.15, 0.2) is 0 Å². The fourth-order valence-electron chi connectivity index (χ4n) is 1.57. The third kappa shape index (κ3) is 8.45. The van der Waals surface area contributed by atoms with Crippen LogP contribution in [0.4, 0.5) is 0 Å². The van der Waals surface area contributed by atoms with Crippen LogP contribution in [0.2, 0.25) is 18.1 Å². The minimum absolute atomic E-state index is 0. The van der Waals surface area contributed by atoms with Crippen molar-refractivity contribution < 1.29 is 16.8 Å². The van der Waals surface area contributed by atoms with Gasteiger partial charge in [0, 0.05) is 0 Å². The minimum atomic E-state index is -1.19. The monoisotopic (exact) mass is 275 g/mol. The molecular formula is C11H28CoN2Si+. The Balaban J connectivity index is -0.000000720. The van der Waals surface area contributed by atoms with Crippen molar-refractivity contribution in [3.63, 3.8) is 0 Å². The summed E-state index contributed by atoms with van der Waals surface area (Å²) in [4.78, 5) is 7.16. The van der Waals surface area contributed by atoms with E-state index in [1.165, 1.54) is 18.1 Å². The molecule has 0 amide bonds. The van der Waals surface area contributed by atoms with Gasteiger partial charge in [-0.05, 0) is 20.6 Å². The zero-order chi connectivity index (χ0) is 10.3. The average molecular weight is 275 g/mol. The van der Waals surface area contributed by atoms with E-state index < -0.39 is 8.24 Å². The summed E-state index contributed by atoms with van der Waals surface area (Å²) in [7, 11) is 3.04. The Hall–Kier alpha value is 0.643. The van der Waals surface area contributed by atoms with Crippen LogP contribution in [0, 0.1) is 7.43 Å². The number of likely N-dealkylation sites (N-methyl/N-ethyl adjacent to an activating group) is 1. The van der Waals surface area contributed by atoms with Crippen molar-refractivity contribution in [1.82, 2.24) is 4.90 Å². The quantitative estimate of drug-likeness (QED) is 0.514. The fourth-order valence-corrected chi connectivity index (χ4v) is 4.32. The van der Waals surface area contributed by atoms with Crippen molar-refractivity contribution >= 4 is 8.24 Å². The maximum absolute atomic E-state index is 4.95. The van der Waals surface area contributed by atoms with E-state index in [0.29, 0.717) is 0 Å². The van der Waals surface area contributed by atoms with Gasteiger partial charge < -0.3 is 17.3 Å². The van der Waals surface area contributed by atoms with Crippen LogP contribution in [0.3, 0.4) is 0 Å². The van der Waals surface area contributed by atoms with Gasteiger partial charge in [0.1, 0.15) is 0 Å². The van der Waals surface area contributed by atoms with Crippen LogP contribution in [-0.2, 0) is 16.8 Å². The molecule has 15 heavy (non-hydrogen) atoms. The van der Waals surface area contributed by atoms with E-state index in [9.17, 15) is 0 Å². The van der Waals surface area contributed by atoms with E-state index in [1.807, 2.05) is 0 Å². The summed E-state index contributed by atoms with van der Waals surface area (Å²) in [5, 5.41) is 0. The minimum Gasteiger partial charge on any atom is -0.663 e.